The first-order chi connectivity index (χ1) is 12.8. The highest BCUT2D eigenvalue weighted by molar-refractivity contribution is 5.99. The van der Waals surface area contributed by atoms with Crippen LogP contribution in [0.25, 0.3) is 10.8 Å². The van der Waals surface area contributed by atoms with Crippen molar-refractivity contribution in [3.05, 3.63) is 71.3 Å². The average molecular weight is 361 g/mol. The maximum absolute atomic E-state index is 12.4. The van der Waals surface area contributed by atoms with Crippen molar-refractivity contribution in [3.8, 4) is 5.75 Å². The van der Waals surface area contributed by atoms with Crippen molar-refractivity contribution < 1.29 is 9.53 Å². The van der Waals surface area contributed by atoms with Crippen molar-refractivity contribution >= 4 is 34.2 Å². The van der Waals surface area contributed by atoms with Gasteiger partial charge in [0.15, 0.2) is 5.96 Å². The largest absolute Gasteiger partial charge is 0.423 e. The lowest BCUT2D eigenvalue weighted by atomic mass is 10.1. The normalized spacial score (nSPS) is 10.4. The number of hydrogen-bond donors (Lipinski definition) is 4. The monoisotopic (exact) mass is 361 g/mol. The zero-order chi connectivity index (χ0) is 19.6. The van der Waals surface area contributed by atoms with Crippen LogP contribution in [0, 0.1) is 12.3 Å². The standard InChI is InChI=1S/C20H19N5O2/c1-11-8-15(5-7-17(11)25-20(23)24)19(26)27-16-6-4-12-9-14(18(21)22)3-2-13(12)10-16/h2-10H,1H3,(H3,21,22)(H4,23,24,25). The summed E-state index contributed by atoms with van der Waals surface area (Å²) < 4.78 is 5.47. The van der Waals surface area contributed by atoms with Gasteiger partial charge in [-0.1, -0.05) is 18.2 Å². The third-order valence-electron chi connectivity index (χ3n) is 4.02. The summed E-state index contributed by atoms with van der Waals surface area (Å²) in [5.74, 6) is -0.0902. The molecular formula is C20H19N5O2. The molecule has 0 aliphatic rings. The van der Waals surface area contributed by atoms with Crippen LogP contribution in [0.5, 0.6) is 5.75 Å². The number of esters is 1. The number of amidine groups is 1. The summed E-state index contributed by atoms with van der Waals surface area (Å²) in [6, 6.07) is 15.6. The molecule has 0 unspecified atom stereocenters. The number of carbonyl (C=O) groups excluding carboxylic acids is 1. The number of aryl methyl sites for hydroxylation is 1. The number of benzene rings is 3. The van der Waals surface area contributed by atoms with Crippen LogP contribution in [-0.2, 0) is 0 Å². The average Bonchev–Trinajstić information content (AvgIpc) is 2.62. The number of aliphatic imine (C=N–C) groups is 1. The minimum atomic E-state index is -0.478. The van der Waals surface area contributed by atoms with E-state index in [1.165, 1.54) is 0 Å². The third kappa shape index (κ3) is 4.04. The van der Waals surface area contributed by atoms with Gasteiger partial charge in [0.2, 0.25) is 0 Å². The molecule has 0 heterocycles. The van der Waals surface area contributed by atoms with Crippen molar-refractivity contribution in [2.24, 2.45) is 22.2 Å². The maximum Gasteiger partial charge on any atom is 0.343 e. The Morgan fingerprint density at radius 1 is 0.926 bits per heavy atom. The van der Waals surface area contributed by atoms with E-state index in [0.717, 1.165) is 16.3 Å². The van der Waals surface area contributed by atoms with Gasteiger partial charge in [-0.25, -0.2) is 9.79 Å². The van der Waals surface area contributed by atoms with Gasteiger partial charge in [-0.05, 0) is 59.7 Å². The molecule has 0 saturated carbocycles. The first-order valence-electron chi connectivity index (χ1n) is 8.14. The molecule has 27 heavy (non-hydrogen) atoms. The van der Waals surface area contributed by atoms with Gasteiger partial charge < -0.3 is 21.9 Å². The van der Waals surface area contributed by atoms with Crippen LogP contribution in [0.1, 0.15) is 21.5 Å². The molecule has 0 aliphatic carbocycles. The van der Waals surface area contributed by atoms with Crippen LogP contribution >= 0.6 is 0 Å². The predicted octanol–water partition coefficient (Wildman–Crippen LogP) is 2.56. The highest BCUT2D eigenvalue weighted by atomic mass is 16.5. The lowest BCUT2D eigenvalue weighted by molar-refractivity contribution is 0.0735. The minimum absolute atomic E-state index is 0.00643. The Morgan fingerprint density at radius 2 is 1.59 bits per heavy atom. The SMILES string of the molecule is Cc1cc(C(=O)Oc2ccc3cc(C(=N)N)ccc3c2)ccc1N=C(N)N. The number of fused-ring (bicyclic) bond motifs is 1. The predicted molar refractivity (Wildman–Crippen MR) is 107 cm³/mol. The zero-order valence-electron chi connectivity index (χ0n) is 14.7. The molecule has 0 aromatic heterocycles. The van der Waals surface area contributed by atoms with E-state index in [1.807, 2.05) is 18.2 Å². The van der Waals surface area contributed by atoms with Gasteiger partial charge >= 0.3 is 5.97 Å². The summed E-state index contributed by atoms with van der Waals surface area (Å²) in [4.78, 5) is 16.4. The number of hydrogen-bond acceptors (Lipinski definition) is 4. The van der Waals surface area contributed by atoms with Gasteiger partial charge in [0, 0.05) is 5.56 Å². The fourth-order valence-corrected chi connectivity index (χ4v) is 2.67. The molecule has 3 aromatic carbocycles. The Bertz CT molecular complexity index is 1080. The second-order valence-electron chi connectivity index (χ2n) is 6.06. The summed E-state index contributed by atoms with van der Waals surface area (Å²) in [5.41, 5.74) is 18.7. The van der Waals surface area contributed by atoms with E-state index >= 15 is 0 Å². The maximum atomic E-state index is 12.4. The summed E-state index contributed by atoms with van der Waals surface area (Å²) >= 11 is 0. The van der Waals surface area contributed by atoms with Gasteiger partial charge in [0.1, 0.15) is 11.6 Å². The fraction of sp³-hybridized carbons (Fsp3) is 0.0500. The van der Waals surface area contributed by atoms with E-state index in [0.29, 0.717) is 22.6 Å². The molecule has 0 aliphatic heterocycles. The van der Waals surface area contributed by atoms with E-state index in [4.69, 9.17) is 27.3 Å². The van der Waals surface area contributed by atoms with Crippen molar-refractivity contribution in [2.75, 3.05) is 0 Å². The van der Waals surface area contributed by atoms with Gasteiger partial charge in [-0.15, -0.1) is 0 Å². The Hall–Kier alpha value is -3.87. The molecule has 0 saturated heterocycles. The Balaban J connectivity index is 1.83. The van der Waals surface area contributed by atoms with E-state index in [-0.39, 0.29) is 11.8 Å². The van der Waals surface area contributed by atoms with E-state index < -0.39 is 5.97 Å². The van der Waals surface area contributed by atoms with E-state index in [1.54, 1.807) is 43.3 Å². The Labute approximate surface area is 156 Å². The smallest absolute Gasteiger partial charge is 0.343 e. The van der Waals surface area contributed by atoms with Crippen LogP contribution in [0.4, 0.5) is 5.69 Å². The molecule has 7 nitrogen and oxygen atoms in total. The van der Waals surface area contributed by atoms with Gasteiger partial charge in [-0.3, -0.25) is 5.41 Å². The molecule has 7 heteroatoms. The van der Waals surface area contributed by atoms with Crippen molar-refractivity contribution in [3.63, 3.8) is 0 Å². The second-order valence-corrected chi connectivity index (χ2v) is 6.06. The van der Waals surface area contributed by atoms with Crippen LogP contribution in [-0.4, -0.2) is 17.8 Å². The van der Waals surface area contributed by atoms with Crippen LogP contribution in [0.3, 0.4) is 0 Å². The molecular weight excluding hydrogens is 342 g/mol. The molecule has 136 valence electrons. The lowest BCUT2D eigenvalue weighted by Gasteiger charge is -2.08. The van der Waals surface area contributed by atoms with Crippen LogP contribution in [0.2, 0.25) is 0 Å². The van der Waals surface area contributed by atoms with Gasteiger partial charge in [-0.2, -0.15) is 0 Å². The fourth-order valence-electron chi connectivity index (χ4n) is 2.67. The Kier molecular flexibility index (Phi) is 4.76. The number of nitrogens with one attached hydrogen (secondary N) is 1. The summed E-state index contributed by atoms with van der Waals surface area (Å²) in [7, 11) is 0. The molecule has 7 N–H and O–H groups in total. The number of guanidine groups is 1. The molecule has 0 amide bonds. The number of nitrogens with two attached hydrogens (primary N) is 3. The highest BCUT2D eigenvalue weighted by Crippen LogP contribution is 2.24. The number of carbonyl (C=O) groups is 1. The topological polar surface area (TPSA) is 141 Å². The van der Waals surface area contributed by atoms with Gasteiger partial charge in [0.25, 0.3) is 0 Å². The minimum Gasteiger partial charge on any atom is -0.423 e. The molecule has 0 fully saturated rings. The van der Waals surface area contributed by atoms with Crippen molar-refractivity contribution in [1.29, 1.82) is 5.41 Å². The van der Waals surface area contributed by atoms with Crippen LogP contribution in [0.15, 0.2) is 59.6 Å². The van der Waals surface area contributed by atoms with Crippen molar-refractivity contribution in [2.45, 2.75) is 6.92 Å². The second kappa shape index (κ2) is 7.17. The number of rotatable bonds is 4. The molecule has 0 radical (unpaired) electrons. The molecule has 0 bridgehead atoms. The molecule has 3 aromatic rings. The van der Waals surface area contributed by atoms with E-state index in [9.17, 15) is 4.79 Å². The first kappa shape index (κ1) is 17.9. The van der Waals surface area contributed by atoms with Gasteiger partial charge in [0.05, 0.1) is 11.3 Å². The summed E-state index contributed by atoms with van der Waals surface area (Å²) in [6.45, 7) is 1.81. The zero-order valence-corrected chi connectivity index (χ0v) is 14.7. The number of nitrogen functional groups attached to an aromatic ring is 1. The van der Waals surface area contributed by atoms with Crippen LogP contribution < -0.4 is 21.9 Å². The first-order valence-corrected chi connectivity index (χ1v) is 8.14. The van der Waals surface area contributed by atoms with Crippen molar-refractivity contribution in [1.82, 2.24) is 0 Å². The number of ether oxygens (including phenoxy) is 1. The molecule has 0 spiro atoms. The summed E-state index contributed by atoms with van der Waals surface area (Å²) in [6.07, 6.45) is 0. The summed E-state index contributed by atoms with van der Waals surface area (Å²) in [5, 5.41) is 9.28. The molecule has 0 atom stereocenters. The lowest BCUT2D eigenvalue weighted by Crippen LogP contribution is -2.22. The molecule has 3 rings (SSSR count). The van der Waals surface area contributed by atoms with E-state index in [2.05, 4.69) is 4.99 Å². The third-order valence-corrected chi connectivity index (χ3v) is 4.02. The quantitative estimate of drug-likeness (QED) is 0.245. The number of nitrogens with zero attached hydrogens (tertiary/aromatic N) is 1. The Morgan fingerprint density at radius 3 is 2.26 bits per heavy atom. The highest BCUT2D eigenvalue weighted by Gasteiger charge is 2.11.